The fourth-order valence-electron chi connectivity index (χ4n) is 1.80. The number of hydrogen-bond donors (Lipinski definition) is 0. The van der Waals surface area contributed by atoms with Crippen LogP contribution >= 0.6 is 11.3 Å². The topological polar surface area (TPSA) is 26.3 Å². The van der Waals surface area contributed by atoms with Crippen LogP contribution in [0.1, 0.15) is 32.6 Å². The fraction of sp³-hybridized carbons (Fsp3) is 0.267. The SMILES string of the molecule is CCc1ccc(COc2c(C)cccc2C=O)s1. The van der Waals surface area contributed by atoms with E-state index >= 15 is 0 Å². The lowest BCUT2D eigenvalue weighted by atomic mass is 10.1. The van der Waals surface area contributed by atoms with Gasteiger partial charge in [0.15, 0.2) is 6.29 Å². The van der Waals surface area contributed by atoms with E-state index in [2.05, 4.69) is 19.1 Å². The van der Waals surface area contributed by atoms with Crippen LogP contribution in [-0.2, 0) is 13.0 Å². The Balaban J connectivity index is 2.12. The van der Waals surface area contributed by atoms with E-state index in [1.807, 2.05) is 19.1 Å². The van der Waals surface area contributed by atoms with Crippen LogP contribution in [0.25, 0.3) is 0 Å². The average Bonchev–Trinajstić information content (AvgIpc) is 2.85. The molecule has 94 valence electrons. The number of carbonyl (C=O) groups excluding carboxylic acids is 1. The largest absolute Gasteiger partial charge is 0.487 e. The molecule has 0 bridgehead atoms. The van der Waals surface area contributed by atoms with Gasteiger partial charge < -0.3 is 4.74 Å². The number of rotatable bonds is 5. The third-order valence-corrected chi connectivity index (χ3v) is 4.00. The smallest absolute Gasteiger partial charge is 0.153 e. The summed E-state index contributed by atoms with van der Waals surface area (Å²) in [5.41, 5.74) is 1.61. The summed E-state index contributed by atoms with van der Waals surface area (Å²) < 4.78 is 5.78. The first kappa shape index (κ1) is 12.8. The highest BCUT2D eigenvalue weighted by Crippen LogP contribution is 2.25. The molecule has 0 atom stereocenters. The van der Waals surface area contributed by atoms with Crippen molar-refractivity contribution in [1.29, 1.82) is 0 Å². The van der Waals surface area contributed by atoms with E-state index in [1.165, 1.54) is 9.75 Å². The van der Waals surface area contributed by atoms with Crippen LogP contribution in [0.4, 0.5) is 0 Å². The van der Waals surface area contributed by atoms with Gasteiger partial charge in [0.05, 0.1) is 5.56 Å². The Morgan fingerprint density at radius 1 is 1.22 bits per heavy atom. The fourth-order valence-corrected chi connectivity index (χ4v) is 2.67. The highest BCUT2D eigenvalue weighted by molar-refractivity contribution is 7.11. The first-order valence-electron chi connectivity index (χ1n) is 5.99. The predicted octanol–water partition coefficient (Wildman–Crippen LogP) is 4.01. The second kappa shape index (κ2) is 5.83. The van der Waals surface area contributed by atoms with Gasteiger partial charge in [0.25, 0.3) is 0 Å². The monoisotopic (exact) mass is 260 g/mol. The van der Waals surface area contributed by atoms with Gasteiger partial charge in [0.2, 0.25) is 0 Å². The Morgan fingerprint density at radius 3 is 2.67 bits per heavy atom. The molecular formula is C15H16O2S. The van der Waals surface area contributed by atoms with Gasteiger partial charge in [0.1, 0.15) is 12.4 Å². The molecule has 0 aliphatic carbocycles. The molecule has 3 heteroatoms. The molecule has 2 aromatic rings. The molecule has 2 nitrogen and oxygen atoms in total. The van der Waals surface area contributed by atoms with Crippen molar-refractivity contribution in [1.82, 2.24) is 0 Å². The number of aldehydes is 1. The lowest BCUT2D eigenvalue weighted by Crippen LogP contribution is -1.98. The van der Waals surface area contributed by atoms with Crippen LogP contribution in [0.15, 0.2) is 30.3 Å². The number of carbonyl (C=O) groups is 1. The molecule has 0 spiro atoms. The molecular weight excluding hydrogens is 244 g/mol. The van der Waals surface area contributed by atoms with Crippen LogP contribution in [0.3, 0.4) is 0 Å². The maximum absolute atomic E-state index is 11.0. The average molecular weight is 260 g/mol. The summed E-state index contributed by atoms with van der Waals surface area (Å²) in [6, 6.07) is 9.81. The minimum atomic E-state index is 0.524. The van der Waals surface area contributed by atoms with E-state index in [0.29, 0.717) is 17.9 Å². The summed E-state index contributed by atoms with van der Waals surface area (Å²) in [7, 11) is 0. The summed E-state index contributed by atoms with van der Waals surface area (Å²) in [4.78, 5) is 13.5. The molecule has 1 aromatic carbocycles. The predicted molar refractivity (Wildman–Crippen MR) is 74.6 cm³/mol. The lowest BCUT2D eigenvalue weighted by Gasteiger charge is -2.10. The van der Waals surface area contributed by atoms with Gasteiger partial charge in [-0.15, -0.1) is 11.3 Å². The van der Waals surface area contributed by atoms with Crippen molar-refractivity contribution in [2.45, 2.75) is 26.9 Å². The van der Waals surface area contributed by atoms with E-state index in [-0.39, 0.29) is 0 Å². The van der Waals surface area contributed by atoms with Crippen molar-refractivity contribution >= 4 is 17.6 Å². The number of hydrogen-bond acceptors (Lipinski definition) is 3. The highest BCUT2D eigenvalue weighted by Gasteiger charge is 2.07. The third-order valence-electron chi connectivity index (χ3n) is 2.79. The Morgan fingerprint density at radius 2 is 2.00 bits per heavy atom. The summed E-state index contributed by atoms with van der Waals surface area (Å²) in [5.74, 6) is 0.693. The van der Waals surface area contributed by atoms with E-state index in [9.17, 15) is 4.79 Å². The molecule has 0 saturated heterocycles. The first-order valence-corrected chi connectivity index (χ1v) is 6.81. The second-order valence-corrected chi connectivity index (χ2v) is 5.37. The van der Waals surface area contributed by atoms with E-state index in [0.717, 1.165) is 18.3 Å². The summed E-state index contributed by atoms with van der Waals surface area (Å²) in [5, 5.41) is 0. The molecule has 1 aromatic heterocycles. The molecule has 0 aliphatic rings. The van der Waals surface area contributed by atoms with E-state index in [4.69, 9.17) is 4.74 Å². The Kier molecular flexibility index (Phi) is 4.15. The van der Waals surface area contributed by atoms with Gasteiger partial charge in [-0.1, -0.05) is 19.1 Å². The van der Waals surface area contributed by atoms with Gasteiger partial charge in [-0.2, -0.15) is 0 Å². The quantitative estimate of drug-likeness (QED) is 0.759. The number of aryl methyl sites for hydroxylation is 2. The lowest BCUT2D eigenvalue weighted by molar-refractivity contribution is 0.111. The van der Waals surface area contributed by atoms with Crippen molar-refractivity contribution in [2.24, 2.45) is 0 Å². The minimum absolute atomic E-state index is 0.524. The third kappa shape index (κ3) is 2.79. The van der Waals surface area contributed by atoms with E-state index < -0.39 is 0 Å². The zero-order valence-corrected chi connectivity index (χ0v) is 11.4. The number of thiophene rings is 1. The normalized spacial score (nSPS) is 10.3. The second-order valence-electron chi connectivity index (χ2n) is 4.12. The Bertz CT molecular complexity index is 543. The molecule has 2 rings (SSSR count). The number of para-hydroxylation sites is 1. The van der Waals surface area contributed by atoms with Crippen molar-refractivity contribution in [3.8, 4) is 5.75 Å². The van der Waals surface area contributed by atoms with Crippen LogP contribution in [0, 0.1) is 6.92 Å². The van der Waals surface area contributed by atoms with Gasteiger partial charge >= 0.3 is 0 Å². The molecule has 0 N–H and O–H groups in total. The summed E-state index contributed by atoms with van der Waals surface area (Å²) >= 11 is 1.76. The molecule has 0 radical (unpaired) electrons. The summed E-state index contributed by atoms with van der Waals surface area (Å²) in [6.07, 6.45) is 1.89. The molecule has 0 amide bonds. The van der Waals surface area contributed by atoms with Crippen LogP contribution in [-0.4, -0.2) is 6.29 Å². The van der Waals surface area contributed by atoms with Crippen LogP contribution in [0.2, 0.25) is 0 Å². The standard InChI is InChI=1S/C15H16O2S/c1-3-13-7-8-14(18-13)10-17-15-11(2)5-4-6-12(15)9-16/h4-9H,3,10H2,1-2H3. The molecule has 0 unspecified atom stereocenters. The van der Waals surface area contributed by atoms with Crippen molar-refractivity contribution < 1.29 is 9.53 Å². The first-order chi connectivity index (χ1) is 8.74. The molecule has 0 fully saturated rings. The maximum atomic E-state index is 11.0. The zero-order chi connectivity index (χ0) is 13.0. The molecule has 0 saturated carbocycles. The van der Waals surface area contributed by atoms with Gasteiger partial charge in [-0.25, -0.2) is 0 Å². The van der Waals surface area contributed by atoms with E-state index in [1.54, 1.807) is 17.4 Å². The Labute approximate surface area is 111 Å². The maximum Gasteiger partial charge on any atom is 0.153 e. The van der Waals surface area contributed by atoms with Crippen molar-refractivity contribution in [3.63, 3.8) is 0 Å². The molecule has 1 heterocycles. The molecule has 0 aliphatic heterocycles. The summed E-state index contributed by atoms with van der Waals surface area (Å²) in [6.45, 7) is 4.62. The van der Waals surface area contributed by atoms with Gasteiger partial charge in [0, 0.05) is 9.75 Å². The zero-order valence-electron chi connectivity index (χ0n) is 10.6. The molecule has 18 heavy (non-hydrogen) atoms. The highest BCUT2D eigenvalue weighted by atomic mass is 32.1. The van der Waals surface area contributed by atoms with Crippen LogP contribution < -0.4 is 4.74 Å². The number of benzene rings is 1. The van der Waals surface area contributed by atoms with Gasteiger partial charge in [-0.3, -0.25) is 4.79 Å². The minimum Gasteiger partial charge on any atom is -0.487 e. The van der Waals surface area contributed by atoms with Gasteiger partial charge in [-0.05, 0) is 37.1 Å². The number of ether oxygens (including phenoxy) is 1. The van der Waals surface area contributed by atoms with Crippen molar-refractivity contribution in [2.75, 3.05) is 0 Å². The van der Waals surface area contributed by atoms with Crippen LogP contribution in [0.5, 0.6) is 5.75 Å². The Hall–Kier alpha value is -1.61. The van der Waals surface area contributed by atoms with Crippen molar-refractivity contribution in [3.05, 3.63) is 51.2 Å².